The molecule has 0 atom stereocenters. The highest BCUT2D eigenvalue weighted by molar-refractivity contribution is 5.74. The van der Waals surface area contributed by atoms with Crippen LogP contribution < -0.4 is 5.32 Å². The molecular formula is C17H27N3O2. The van der Waals surface area contributed by atoms with E-state index < -0.39 is 0 Å². The van der Waals surface area contributed by atoms with Crippen LogP contribution in [0.2, 0.25) is 0 Å². The van der Waals surface area contributed by atoms with Crippen LogP contribution >= 0.6 is 0 Å². The van der Waals surface area contributed by atoms with Gasteiger partial charge in [0.1, 0.15) is 0 Å². The molecule has 1 fully saturated rings. The van der Waals surface area contributed by atoms with E-state index in [4.69, 9.17) is 4.74 Å². The first kappa shape index (κ1) is 16.8. The van der Waals surface area contributed by atoms with Crippen molar-refractivity contribution in [3.8, 4) is 0 Å². The van der Waals surface area contributed by atoms with Gasteiger partial charge in [-0.3, -0.25) is 0 Å². The minimum Gasteiger partial charge on any atom is -0.377 e. The topological polar surface area (TPSA) is 44.8 Å². The molecule has 1 aromatic rings. The first-order valence-corrected chi connectivity index (χ1v) is 8.13. The second-order valence-electron chi connectivity index (χ2n) is 5.53. The molecule has 1 N–H and O–H groups in total. The van der Waals surface area contributed by atoms with Gasteiger partial charge in [0.05, 0.1) is 6.61 Å². The maximum Gasteiger partial charge on any atom is 0.317 e. The summed E-state index contributed by atoms with van der Waals surface area (Å²) in [7, 11) is 0. The summed E-state index contributed by atoms with van der Waals surface area (Å²) in [6, 6.07) is 8.23. The summed E-state index contributed by atoms with van der Waals surface area (Å²) in [6.45, 7) is 10.7. The first-order chi connectivity index (χ1) is 10.7. The van der Waals surface area contributed by atoms with Crippen LogP contribution in [0.4, 0.5) is 4.79 Å². The van der Waals surface area contributed by atoms with Crippen LogP contribution in [0.25, 0.3) is 0 Å². The Bertz CT molecular complexity index is 453. The van der Waals surface area contributed by atoms with Gasteiger partial charge < -0.3 is 19.9 Å². The van der Waals surface area contributed by atoms with Gasteiger partial charge in [-0.1, -0.05) is 31.2 Å². The van der Waals surface area contributed by atoms with Gasteiger partial charge in [-0.15, -0.1) is 0 Å². The third-order valence-corrected chi connectivity index (χ3v) is 4.05. The molecule has 2 rings (SSSR count). The predicted molar refractivity (Wildman–Crippen MR) is 87.7 cm³/mol. The van der Waals surface area contributed by atoms with Crippen LogP contribution in [0, 0.1) is 0 Å². The zero-order valence-corrected chi connectivity index (χ0v) is 13.7. The number of likely N-dealkylation sites (N-methyl/N-ethyl adjacent to an activating group) is 1. The highest BCUT2D eigenvalue weighted by atomic mass is 16.5. The number of hydrogen-bond acceptors (Lipinski definition) is 3. The Balaban J connectivity index is 1.74. The van der Waals surface area contributed by atoms with Crippen molar-refractivity contribution in [2.45, 2.75) is 27.0 Å². The molecule has 5 nitrogen and oxygen atoms in total. The minimum absolute atomic E-state index is 0.0362. The summed E-state index contributed by atoms with van der Waals surface area (Å²) in [5, 5.41) is 3.00. The number of urea groups is 1. The fourth-order valence-electron chi connectivity index (χ4n) is 2.53. The fraction of sp³-hybridized carbons (Fsp3) is 0.588. The summed E-state index contributed by atoms with van der Waals surface area (Å²) in [6.07, 6.45) is 0. The smallest absolute Gasteiger partial charge is 0.317 e. The summed E-state index contributed by atoms with van der Waals surface area (Å²) in [5.74, 6) is 0. The van der Waals surface area contributed by atoms with Crippen LogP contribution in [-0.4, -0.2) is 55.2 Å². The van der Waals surface area contributed by atoms with Crippen molar-refractivity contribution in [1.82, 2.24) is 15.1 Å². The predicted octanol–water partition coefficient (Wildman–Crippen LogP) is 2.07. The van der Waals surface area contributed by atoms with Gasteiger partial charge in [-0.2, -0.15) is 0 Å². The van der Waals surface area contributed by atoms with Gasteiger partial charge in [-0.25, -0.2) is 4.79 Å². The molecular weight excluding hydrogens is 278 g/mol. The van der Waals surface area contributed by atoms with E-state index in [2.05, 4.69) is 29.3 Å². The third kappa shape index (κ3) is 5.00. The van der Waals surface area contributed by atoms with Crippen LogP contribution in [0.3, 0.4) is 0 Å². The molecule has 1 saturated heterocycles. The van der Waals surface area contributed by atoms with Gasteiger partial charge in [0.15, 0.2) is 0 Å². The number of carbonyl (C=O) groups is 1. The van der Waals surface area contributed by atoms with E-state index in [0.717, 1.165) is 50.5 Å². The van der Waals surface area contributed by atoms with Crippen molar-refractivity contribution < 1.29 is 9.53 Å². The molecule has 2 amide bonds. The molecule has 0 aromatic heterocycles. The second-order valence-corrected chi connectivity index (χ2v) is 5.53. The number of hydrogen-bond donors (Lipinski definition) is 1. The monoisotopic (exact) mass is 305 g/mol. The van der Waals surface area contributed by atoms with Crippen molar-refractivity contribution in [1.29, 1.82) is 0 Å². The molecule has 22 heavy (non-hydrogen) atoms. The molecule has 0 unspecified atom stereocenters. The van der Waals surface area contributed by atoms with E-state index in [0.29, 0.717) is 13.2 Å². The molecule has 1 aromatic carbocycles. The largest absolute Gasteiger partial charge is 0.377 e. The quantitative estimate of drug-likeness (QED) is 0.875. The van der Waals surface area contributed by atoms with Crippen molar-refractivity contribution in [3.63, 3.8) is 0 Å². The van der Waals surface area contributed by atoms with Crippen molar-refractivity contribution in [2.75, 3.05) is 39.3 Å². The number of amides is 2. The Morgan fingerprint density at radius 3 is 2.32 bits per heavy atom. The average molecular weight is 305 g/mol. The van der Waals surface area contributed by atoms with Gasteiger partial charge in [0.2, 0.25) is 0 Å². The average Bonchev–Trinajstić information content (AvgIpc) is 2.58. The van der Waals surface area contributed by atoms with Crippen LogP contribution in [0.15, 0.2) is 24.3 Å². The number of nitrogens with zero attached hydrogens (tertiary/aromatic N) is 2. The van der Waals surface area contributed by atoms with E-state index in [1.165, 1.54) is 0 Å². The third-order valence-electron chi connectivity index (χ3n) is 4.05. The Kier molecular flexibility index (Phi) is 6.68. The van der Waals surface area contributed by atoms with Gasteiger partial charge in [0.25, 0.3) is 0 Å². The zero-order chi connectivity index (χ0) is 15.8. The van der Waals surface area contributed by atoms with E-state index in [1.807, 2.05) is 24.0 Å². The lowest BCUT2D eigenvalue weighted by Crippen LogP contribution is -2.51. The Morgan fingerprint density at radius 2 is 1.73 bits per heavy atom. The molecule has 0 radical (unpaired) electrons. The summed E-state index contributed by atoms with van der Waals surface area (Å²) in [5.41, 5.74) is 2.27. The second kappa shape index (κ2) is 8.76. The first-order valence-electron chi connectivity index (χ1n) is 8.13. The molecule has 0 spiro atoms. The summed E-state index contributed by atoms with van der Waals surface area (Å²) < 4.78 is 5.37. The molecule has 0 aliphatic carbocycles. The Morgan fingerprint density at radius 1 is 1.09 bits per heavy atom. The van der Waals surface area contributed by atoms with Crippen LogP contribution in [0.1, 0.15) is 25.0 Å². The molecule has 0 saturated carbocycles. The molecule has 5 heteroatoms. The fourth-order valence-corrected chi connectivity index (χ4v) is 2.53. The Labute approximate surface area is 133 Å². The molecule has 122 valence electrons. The number of carbonyl (C=O) groups excluding carboxylic acids is 1. The van der Waals surface area contributed by atoms with Crippen molar-refractivity contribution in [3.05, 3.63) is 35.4 Å². The van der Waals surface area contributed by atoms with Crippen molar-refractivity contribution >= 4 is 6.03 Å². The summed E-state index contributed by atoms with van der Waals surface area (Å²) in [4.78, 5) is 16.4. The van der Waals surface area contributed by atoms with Crippen LogP contribution in [-0.2, 0) is 17.9 Å². The number of nitrogens with one attached hydrogen (secondary N) is 1. The van der Waals surface area contributed by atoms with Crippen LogP contribution in [0.5, 0.6) is 0 Å². The molecule has 0 bridgehead atoms. The van der Waals surface area contributed by atoms with E-state index in [9.17, 15) is 4.79 Å². The molecule has 1 aliphatic heterocycles. The normalized spacial score (nSPS) is 15.8. The SMILES string of the molecule is CCOCc1ccc(CNC(=O)N2CCN(CC)CC2)cc1. The standard InChI is InChI=1S/C17H27N3O2/c1-3-19-9-11-20(12-10-19)17(21)18-13-15-5-7-16(8-6-15)14-22-4-2/h5-8H,3-4,9-14H2,1-2H3,(H,18,21). The molecule has 1 heterocycles. The highest BCUT2D eigenvalue weighted by Crippen LogP contribution is 2.07. The number of ether oxygens (including phenoxy) is 1. The zero-order valence-electron chi connectivity index (χ0n) is 13.7. The molecule has 1 aliphatic rings. The number of rotatable bonds is 6. The summed E-state index contributed by atoms with van der Waals surface area (Å²) >= 11 is 0. The minimum atomic E-state index is 0.0362. The Hall–Kier alpha value is -1.59. The maximum atomic E-state index is 12.2. The van der Waals surface area contributed by atoms with E-state index >= 15 is 0 Å². The maximum absolute atomic E-state index is 12.2. The van der Waals surface area contributed by atoms with E-state index in [1.54, 1.807) is 0 Å². The lowest BCUT2D eigenvalue weighted by atomic mass is 10.1. The lowest BCUT2D eigenvalue weighted by molar-refractivity contribution is 0.134. The van der Waals surface area contributed by atoms with Gasteiger partial charge in [0, 0.05) is 39.3 Å². The highest BCUT2D eigenvalue weighted by Gasteiger charge is 2.19. The van der Waals surface area contributed by atoms with Gasteiger partial charge in [-0.05, 0) is 24.6 Å². The number of benzene rings is 1. The lowest BCUT2D eigenvalue weighted by Gasteiger charge is -2.34. The number of piperazine rings is 1. The van der Waals surface area contributed by atoms with Gasteiger partial charge >= 0.3 is 6.03 Å². The van der Waals surface area contributed by atoms with E-state index in [-0.39, 0.29) is 6.03 Å². The van der Waals surface area contributed by atoms with Crippen molar-refractivity contribution in [2.24, 2.45) is 0 Å².